The summed E-state index contributed by atoms with van der Waals surface area (Å²) < 4.78 is 0.798. The fourth-order valence-corrected chi connectivity index (χ4v) is 2.64. The van der Waals surface area contributed by atoms with Crippen molar-refractivity contribution >= 4 is 49.4 Å². The molecule has 0 heterocycles. The van der Waals surface area contributed by atoms with Gasteiger partial charge >= 0.3 is 0 Å². The van der Waals surface area contributed by atoms with Crippen LogP contribution in [0.3, 0.4) is 0 Å². The average molecular weight is 384 g/mol. The van der Waals surface area contributed by atoms with Crippen LogP contribution in [0.25, 0.3) is 0 Å². The number of amides is 1. The zero-order chi connectivity index (χ0) is 13.1. The molecule has 1 atom stereocenters. The molecule has 0 saturated heterocycles. The first-order valence-corrected chi connectivity index (χ1v) is 7.54. The number of alkyl halides is 1. The van der Waals surface area contributed by atoms with E-state index in [1.807, 2.05) is 13.8 Å². The molecule has 0 spiro atoms. The molecule has 1 aromatic rings. The molecular formula is C12H14Br2ClNO. The number of benzene rings is 1. The predicted molar refractivity (Wildman–Crippen MR) is 79.1 cm³/mol. The van der Waals surface area contributed by atoms with Gasteiger partial charge in [-0.15, -0.1) is 0 Å². The van der Waals surface area contributed by atoms with Crippen LogP contribution in [0.1, 0.15) is 30.6 Å². The van der Waals surface area contributed by atoms with Gasteiger partial charge in [-0.2, -0.15) is 0 Å². The van der Waals surface area contributed by atoms with E-state index in [9.17, 15) is 4.79 Å². The first-order valence-electron chi connectivity index (χ1n) is 5.25. The minimum Gasteiger partial charge on any atom is -0.346 e. The van der Waals surface area contributed by atoms with Crippen LogP contribution in [-0.2, 0) is 0 Å². The van der Waals surface area contributed by atoms with Gasteiger partial charge in [0.2, 0.25) is 0 Å². The highest BCUT2D eigenvalue weighted by Gasteiger charge is 2.23. The van der Waals surface area contributed by atoms with E-state index in [1.165, 1.54) is 0 Å². The Hall–Kier alpha value is -0.0600. The lowest BCUT2D eigenvalue weighted by Gasteiger charge is -2.27. The van der Waals surface area contributed by atoms with Crippen LogP contribution in [0.4, 0.5) is 0 Å². The summed E-state index contributed by atoms with van der Waals surface area (Å²) in [6, 6.07) is 5.17. The number of halogens is 3. The van der Waals surface area contributed by atoms with E-state index in [1.54, 1.807) is 18.2 Å². The van der Waals surface area contributed by atoms with Crippen LogP contribution in [-0.4, -0.2) is 16.8 Å². The smallest absolute Gasteiger partial charge is 0.251 e. The Morgan fingerprint density at radius 3 is 2.59 bits per heavy atom. The van der Waals surface area contributed by atoms with Crippen molar-refractivity contribution < 1.29 is 4.79 Å². The van der Waals surface area contributed by atoms with E-state index in [-0.39, 0.29) is 11.4 Å². The molecule has 0 fully saturated rings. The number of carbonyl (C=O) groups excluding carboxylic acids is 1. The van der Waals surface area contributed by atoms with E-state index in [0.29, 0.717) is 15.9 Å². The van der Waals surface area contributed by atoms with E-state index < -0.39 is 0 Å². The second-order valence-electron chi connectivity index (χ2n) is 4.16. The zero-order valence-corrected chi connectivity index (χ0v) is 13.6. The number of rotatable bonds is 4. The maximum Gasteiger partial charge on any atom is 0.251 e. The molecule has 0 aliphatic rings. The number of carbonyl (C=O) groups is 1. The topological polar surface area (TPSA) is 29.1 Å². The summed E-state index contributed by atoms with van der Waals surface area (Å²) in [5, 5.41) is 4.25. The summed E-state index contributed by atoms with van der Waals surface area (Å²) in [6.07, 6.45) is 0.853. The quantitative estimate of drug-likeness (QED) is 0.768. The summed E-state index contributed by atoms with van der Waals surface area (Å²) in [5.41, 5.74) is 0.316. The van der Waals surface area contributed by atoms with Crippen molar-refractivity contribution in [1.29, 1.82) is 0 Å². The lowest BCUT2D eigenvalue weighted by atomic mass is 10.0. The highest BCUT2D eigenvalue weighted by atomic mass is 79.9. The fourth-order valence-electron chi connectivity index (χ4n) is 1.25. The molecule has 0 radical (unpaired) electrons. The molecule has 1 aromatic carbocycles. The van der Waals surface area contributed by atoms with Crippen LogP contribution < -0.4 is 5.32 Å². The number of nitrogens with one attached hydrogen (secondary N) is 1. The molecule has 1 rings (SSSR count). The number of hydrogen-bond donors (Lipinski definition) is 1. The molecule has 0 aliphatic heterocycles. The molecule has 17 heavy (non-hydrogen) atoms. The zero-order valence-electron chi connectivity index (χ0n) is 9.69. The van der Waals surface area contributed by atoms with E-state index in [2.05, 4.69) is 37.2 Å². The molecule has 5 heteroatoms. The van der Waals surface area contributed by atoms with Gasteiger partial charge in [-0.25, -0.2) is 0 Å². The number of hydrogen-bond acceptors (Lipinski definition) is 1. The predicted octanol–water partition coefficient (Wildman–Crippen LogP) is 4.40. The van der Waals surface area contributed by atoms with Crippen molar-refractivity contribution in [3.05, 3.63) is 33.3 Å². The second kappa shape index (κ2) is 6.21. The first-order chi connectivity index (χ1) is 7.90. The Kier molecular flexibility index (Phi) is 5.48. The highest BCUT2D eigenvalue weighted by molar-refractivity contribution is 9.10. The van der Waals surface area contributed by atoms with Gasteiger partial charge < -0.3 is 5.32 Å². The maximum atomic E-state index is 12.1. The van der Waals surface area contributed by atoms with Crippen LogP contribution >= 0.6 is 43.5 Å². The average Bonchev–Trinajstić information content (AvgIpc) is 2.27. The third-order valence-corrected chi connectivity index (χ3v) is 4.53. The maximum absolute atomic E-state index is 12.1. The van der Waals surface area contributed by atoms with E-state index in [0.717, 1.165) is 10.9 Å². The van der Waals surface area contributed by atoms with Crippen molar-refractivity contribution in [2.75, 3.05) is 5.33 Å². The van der Waals surface area contributed by atoms with Gasteiger partial charge in [0.05, 0.1) is 0 Å². The molecule has 0 bridgehead atoms. The van der Waals surface area contributed by atoms with E-state index >= 15 is 0 Å². The van der Waals surface area contributed by atoms with Gasteiger partial charge in [0.15, 0.2) is 0 Å². The Balaban J connectivity index is 2.90. The third kappa shape index (κ3) is 4.27. The molecule has 0 aliphatic carbocycles. The molecule has 0 saturated carbocycles. The highest BCUT2D eigenvalue weighted by Crippen LogP contribution is 2.21. The van der Waals surface area contributed by atoms with Crippen LogP contribution in [0.2, 0.25) is 5.02 Å². The Morgan fingerprint density at radius 1 is 1.47 bits per heavy atom. The second-order valence-corrected chi connectivity index (χ2v) is 6.07. The standard InChI is InChI=1S/C12H14Br2ClNO/c1-3-12(2,7-13)16-11(17)8-4-9(14)6-10(15)5-8/h4-6H,3,7H2,1-2H3,(H,16,17). The SMILES string of the molecule is CCC(C)(CBr)NC(=O)c1cc(Cl)cc(Br)c1. The molecule has 1 N–H and O–H groups in total. The normalized spacial score (nSPS) is 14.2. The van der Waals surface area contributed by atoms with Gasteiger partial charge in [0.25, 0.3) is 5.91 Å². The van der Waals surface area contributed by atoms with Gasteiger partial charge in [-0.1, -0.05) is 50.4 Å². The first kappa shape index (κ1) is 15.0. The third-order valence-electron chi connectivity index (χ3n) is 2.62. The van der Waals surface area contributed by atoms with Crippen molar-refractivity contribution in [2.45, 2.75) is 25.8 Å². The van der Waals surface area contributed by atoms with Gasteiger partial charge in [-0.3, -0.25) is 4.79 Å². The van der Waals surface area contributed by atoms with Gasteiger partial charge in [-0.05, 0) is 31.5 Å². The van der Waals surface area contributed by atoms with Crippen LogP contribution in [0.15, 0.2) is 22.7 Å². The monoisotopic (exact) mass is 381 g/mol. The molecule has 1 amide bonds. The molecule has 2 nitrogen and oxygen atoms in total. The summed E-state index contributed by atoms with van der Waals surface area (Å²) in [5.74, 6) is -0.114. The minimum absolute atomic E-state index is 0.114. The van der Waals surface area contributed by atoms with E-state index in [4.69, 9.17) is 11.6 Å². The molecule has 1 unspecified atom stereocenters. The Morgan fingerprint density at radius 2 is 2.12 bits per heavy atom. The van der Waals surface area contributed by atoms with Gasteiger partial charge in [0.1, 0.15) is 0 Å². The minimum atomic E-state index is -0.244. The van der Waals surface area contributed by atoms with Crippen LogP contribution in [0, 0.1) is 0 Å². The van der Waals surface area contributed by atoms with Crippen LogP contribution in [0.5, 0.6) is 0 Å². The van der Waals surface area contributed by atoms with Crippen molar-refractivity contribution in [3.8, 4) is 0 Å². The Labute approximate surface area is 123 Å². The van der Waals surface area contributed by atoms with Crippen molar-refractivity contribution in [3.63, 3.8) is 0 Å². The lowest BCUT2D eigenvalue weighted by molar-refractivity contribution is 0.0913. The van der Waals surface area contributed by atoms with Crippen molar-refractivity contribution in [2.24, 2.45) is 0 Å². The Bertz CT molecular complexity index is 399. The largest absolute Gasteiger partial charge is 0.346 e. The summed E-state index contributed by atoms with van der Waals surface area (Å²) >= 11 is 12.6. The summed E-state index contributed by atoms with van der Waals surface area (Å²) in [6.45, 7) is 4.04. The summed E-state index contributed by atoms with van der Waals surface area (Å²) in [7, 11) is 0. The fraction of sp³-hybridized carbons (Fsp3) is 0.417. The lowest BCUT2D eigenvalue weighted by Crippen LogP contribution is -2.46. The molecule has 0 aromatic heterocycles. The molecular weight excluding hydrogens is 369 g/mol. The molecule has 94 valence electrons. The summed E-state index contributed by atoms with van der Waals surface area (Å²) in [4.78, 5) is 12.1. The van der Waals surface area contributed by atoms with Crippen molar-refractivity contribution in [1.82, 2.24) is 5.32 Å². The van der Waals surface area contributed by atoms with Gasteiger partial charge in [0, 0.05) is 25.9 Å².